The van der Waals surface area contributed by atoms with Gasteiger partial charge in [-0.2, -0.15) is 0 Å². The van der Waals surface area contributed by atoms with Gasteiger partial charge >= 0.3 is 6.03 Å². The molecular formula is C24H28FN3O3. The van der Waals surface area contributed by atoms with Crippen molar-refractivity contribution in [3.8, 4) is 0 Å². The van der Waals surface area contributed by atoms with E-state index >= 15 is 0 Å². The second-order valence-corrected chi connectivity index (χ2v) is 7.95. The Kier molecular flexibility index (Phi) is 7.05. The van der Waals surface area contributed by atoms with Crippen molar-refractivity contribution in [1.29, 1.82) is 0 Å². The summed E-state index contributed by atoms with van der Waals surface area (Å²) in [5.41, 5.74) is 0.326. The van der Waals surface area contributed by atoms with E-state index in [2.05, 4.69) is 10.6 Å². The number of amides is 4. The van der Waals surface area contributed by atoms with E-state index in [1.165, 1.54) is 24.3 Å². The second-order valence-electron chi connectivity index (χ2n) is 7.95. The standard InChI is InChI=1S/C24H28FN3O3/c1-3-4-14-24(19-10-12-20(25)13-11-19)22(30)28(23(31)27-24)16-21(29)26-15-17(2)18-8-6-5-7-9-18/h5-13,17H,3-4,14-16H2,1-2H3,(H,26,29)(H,27,31)/t17-,24-/m1/s1. The summed E-state index contributed by atoms with van der Waals surface area (Å²) in [4.78, 5) is 39.4. The van der Waals surface area contributed by atoms with Gasteiger partial charge in [-0.05, 0) is 35.6 Å². The number of unbranched alkanes of at least 4 members (excludes halogenated alkanes) is 1. The van der Waals surface area contributed by atoms with Gasteiger partial charge in [-0.3, -0.25) is 14.5 Å². The Hall–Kier alpha value is -3.22. The first-order chi connectivity index (χ1) is 14.9. The molecule has 4 amide bonds. The van der Waals surface area contributed by atoms with E-state index in [1.807, 2.05) is 44.2 Å². The van der Waals surface area contributed by atoms with Gasteiger partial charge in [-0.1, -0.05) is 69.2 Å². The van der Waals surface area contributed by atoms with Crippen LogP contribution in [0.25, 0.3) is 0 Å². The SMILES string of the molecule is CCCC[C@]1(c2ccc(F)cc2)NC(=O)N(CC(=O)NC[C@@H](C)c2ccccc2)C1=O. The minimum Gasteiger partial charge on any atom is -0.354 e. The molecule has 1 aliphatic heterocycles. The molecule has 0 spiro atoms. The van der Waals surface area contributed by atoms with Crippen LogP contribution in [0, 0.1) is 5.82 Å². The van der Waals surface area contributed by atoms with Gasteiger partial charge in [0.15, 0.2) is 0 Å². The lowest BCUT2D eigenvalue weighted by Crippen LogP contribution is -2.45. The molecular weight excluding hydrogens is 397 g/mol. The Balaban J connectivity index is 1.70. The van der Waals surface area contributed by atoms with Crippen molar-refractivity contribution in [3.05, 3.63) is 71.5 Å². The summed E-state index contributed by atoms with van der Waals surface area (Å²) >= 11 is 0. The number of hydrogen-bond acceptors (Lipinski definition) is 3. The van der Waals surface area contributed by atoms with E-state index in [9.17, 15) is 18.8 Å². The molecule has 1 fully saturated rings. The number of nitrogens with one attached hydrogen (secondary N) is 2. The van der Waals surface area contributed by atoms with Crippen LogP contribution in [0.4, 0.5) is 9.18 Å². The number of imide groups is 1. The van der Waals surface area contributed by atoms with Gasteiger partial charge in [0.2, 0.25) is 5.91 Å². The van der Waals surface area contributed by atoms with Crippen LogP contribution in [0.5, 0.6) is 0 Å². The average Bonchev–Trinajstić information content (AvgIpc) is 3.02. The Morgan fingerprint density at radius 3 is 2.45 bits per heavy atom. The van der Waals surface area contributed by atoms with Crippen molar-refractivity contribution in [1.82, 2.24) is 15.5 Å². The van der Waals surface area contributed by atoms with E-state index in [4.69, 9.17) is 0 Å². The molecule has 1 saturated heterocycles. The van der Waals surface area contributed by atoms with Crippen molar-refractivity contribution in [2.75, 3.05) is 13.1 Å². The van der Waals surface area contributed by atoms with Crippen molar-refractivity contribution in [2.45, 2.75) is 44.6 Å². The number of carbonyl (C=O) groups is 3. The van der Waals surface area contributed by atoms with Gasteiger partial charge in [0, 0.05) is 6.54 Å². The summed E-state index contributed by atoms with van der Waals surface area (Å²) in [5.74, 6) is -1.22. The molecule has 1 heterocycles. The molecule has 1 aliphatic rings. The van der Waals surface area contributed by atoms with Gasteiger partial charge in [0.25, 0.3) is 5.91 Å². The molecule has 2 N–H and O–H groups in total. The fourth-order valence-electron chi connectivity index (χ4n) is 3.82. The van der Waals surface area contributed by atoms with Crippen LogP contribution in [-0.2, 0) is 15.1 Å². The van der Waals surface area contributed by atoms with Gasteiger partial charge in [0.1, 0.15) is 17.9 Å². The zero-order valence-electron chi connectivity index (χ0n) is 17.9. The second kappa shape index (κ2) is 9.73. The molecule has 0 aliphatic carbocycles. The third kappa shape index (κ3) is 4.93. The van der Waals surface area contributed by atoms with Crippen LogP contribution < -0.4 is 10.6 Å². The molecule has 2 aromatic rings. The first-order valence-electron chi connectivity index (χ1n) is 10.6. The highest BCUT2D eigenvalue weighted by Gasteiger charge is 2.52. The maximum atomic E-state index is 13.4. The molecule has 0 unspecified atom stereocenters. The zero-order valence-corrected chi connectivity index (χ0v) is 17.9. The number of rotatable bonds is 9. The van der Waals surface area contributed by atoms with E-state index in [1.54, 1.807) is 0 Å². The Bertz CT molecular complexity index is 933. The van der Waals surface area contributed by atoms with E-state index in [0.29, 0.717) is 24.9 Å². The summed E-state index contributed by atoms with van der Waals surface area (Å²) in [6.45, 7) is 4.01. The Morgan fingerprint density at radius 2 is 1.81 bits per heavy atom. The van der Waals surface area contributed by atoms with E-state index in [0.717, 1.165) is 16.9 Å². The van der Waals surface area contributed by atoms with Crippen molar-refractivity contribution < 1.29 is 18.8 Å². The summed E-state index contributed by atoms with van der Waals surface area (Å²) < 4.78 is 13.4. The minimum absolute atomic E-state index is 0.0936. The van der Waals surface area contributed by atoms with Crippen LogP contribution in [0.2, 0.25) is 0 Å². The molecule has 0 aromatic heterocycles. The fraction of sp³-hybridized carbons (Fsp3) is 0.375. The van der Waals surface area contributed by atoms with E-state index < -0.39 is 29.2 Å². The normalized spacial score (nSPS) is 19.3. The van der Waals surface area contributed by atoms with Gasteiger partial charge in [-0.25, -0.2) is 9.18 Å². The summed E-state index contributed by atoms with van der Waals surface area (Å²) in [6.07, 6.45) is 1.89. The first kappa shape index (κ1) is 22.5. The molecule has 31 heavy (non-hydrogen) atoms. The highest BCUT2D eigenvalue weighted by atomic mass is 19.1. The summed E-state index contributed by atoms with van der Waals surface area (Å²) in [7, 11) is 0. The smallest absolute Gasteiger partial charge is 0.325 e. The third-order valence-electron chi connectivity index (χ3n) is 5.69. The van der Waals surface area contributed by atoms with E-state index in [-0.39, 0.29) is 12.5 Å². The van der Waals surface area contributed by atoms with Crippen LogP contribution in [0.15, 0.2) is 54.6 Å². The number of hydrogen-bond donors (Lipinski definition) is 2. The number of urea groups is 1. The topological polar surface area (TPSA) is 78.5 Å². The van der Waals surface area contributed by atoms with Crippen LogP contribution in [0.3, 0.4) is 0 Å². The zero-order chi connectivity index (χ0) is 22.4. The minimum atomic E-state index is -1.28. The lowest BCUT2D eigenvalue weighted by molar-refractivity contribution is -0.135. The number of benzene rings is 2. The molecule has 7 heteroatoms. The molecule has 3 rings (SSSR count). The molecule has 6 nitrogen and oxygen atoms in total. The van der Waals surface area contributed by atoms with Gasteiger partial charge in [0.05, 0.1) is 0 Å². The van der Waals surface area contributed by atoms with Crippen molar-refractivity contribution in [3.63, 3.8) is 0 Å². The monoisotopic (exact) mass is 425 g/mol. The molecule has 164 valence electrons. The largest absolute Gasteiger partial charge is 0.354 e. The molecule has 2 aromatic carbocycles. The quantitative estimate of drug-likeness (QED) is 0.602. The maximum Gasteiger partial charge on any atom is 0.325 e. The Labute approximate surface area is 181 Å². The Morgan fingerprint density at radius 1 is 1.13 bits per heavy atom. The van der Waals surface area contributed by atoms with Gasteiger partial charge < -0.3 is 10.6 Å². The molecule has 0 radical (unpaired) electrons. The summed E-state index contributed by atoms with van der Waals surface area (Å²) in [5, 5.41) is 5.57. The third-order valence-corrected chi connectivity index (χ3v) is 5.69. The number of nitrogens with zero attached hydrogens (tertiary/aromatic N) is 1. The lowest BCUT2D eigenvalue weighted by atomic mass is 9.85. The van der Waals surface area contributed by atoms with Crippen LogP contribution >= 0.6 is 0 Å². The molecule has 2 atom stereocenters. The predicted molar refractivity (Wildman–Crippen MR) is 116 cm³/mol. The highest BCUT2D eigenvalue weighted by molar-refractivity contribution is 6.09. The predicted octanol–water partition coefficient (Wildman–Crippen LogP) is 3.68. The average molecular weight is 426 g/mol. The van der Waals surface area contributed by atoms with Gasteiger partial charge in [-0.15, -0.1) is 0 Å². The molecule has 0 saturated carbocycles. The first-order valence-corrected chi connectivity index (χ1v) is 10.6. The van der Waals surface area contributed by atoms with Crippen LogP contribution in [-0.4, -0.2) is 35.8 Å². The van der Waals surface area contributed by atoms with Crippen molar-refractivity contribution in [2.24, 2.45) is 0 Å². The summed E-state index contributed by atoms with van der Waals surface area (Å²) in [6, 6.07) is 14.7. The highest BCUT2D eigenvalue weighted by Crippen LogP contribution is 2.34. The lowest BCUT2D eigenvalue weighted by Gasteiger charge is -2.27. The fourth-order valence-corrected chi connectivity index (χ4v) is 3.82. The molecule has 0 bridgehead atoms. The maximum absolute atomic E-state index is 13.4. The van der Waals surface area contributed by atoms with Crippen LogP contribution in [0.1, 0.15) is 50.2 Å². The van der Waals surface area contributed by atoms with Crippen molar-refractivity contribution >= 4 is 17.8 Å². The number of halogens is 1. The number of carbonyl (C=O) groups excluding carboxylic acids is 3.